The van der Waals surface area contributed by atoms with Gasteiger partial charge in [-0.2, -0.15) is 25.3 Å². The second kappa shape index (κ2) is 5.36. The molecule has 0 aliphatic heterocycles. The highest BCUT2D eigenvalue weighted by Gasteiger charge is 2.16. The van der Waals surface area contributed by atoms with E-state index in [-0.39, 0.29) is 0 Å². The molecule has 0 nitrogen and oxygen atoms in total. The Bertz CT molecular complexity index is 71.3. The van der Waals surface area contributed by atoms with Crippen molar-refractivity contribution < 1.29 is 0 Å². The van der Waals surface area contributed by atoms with Gasteiger partial charge in [-0.05, 0) is 12.3 Å². The first kappa shape index (κ1) is 10.7. The van der Waals surface area contributed by atoms with Crippen LogP contribution in [0.4, 0.5) is 0 Å². The number of hydrogen-bond acceptors (Lipinski definition) is 2. The van der Waals surface area contributed by atoms with E-state index >= 15 is 0 Å². The van der Waals surface area contributed by atoms with E-state index in [0.717, 1.165) is 0 Å². The lowest BCUT2D eigenvalue weighted by Gasteiger charge is -2.22. The van der Waals surface area contributed by atoms with Crippen LogP contribution in [-0.4, -0.2) is 10.5 Å². The highest BCUT2D eigenvalue weighted by molar-refractivity contribution is 7.81. The molecule has 0 saturated heterocycles. The average molecular weight is 178 g/mol. The zero-order valence-corrected chi connectivity index (χ0v) is 8.83. The van der Waals surface area contributed by atoms with E-state index in [4.69, 9.17) is 0 Å². The molecule has 2 atom stereocenters. The van der Waals surface area contributed by atoms with Crippen molar-refractivity contribution in [3.63, 3.8) is 0 Å². The summed E-state index contributed by atoms with van der Waals surface area (Å²) in [4.78, 5) is 0. The molecule has 0 aliphatic rings. The third-order valence-corrected chi connectivity index (χ3v) is 2.63. The summed E-state index contributed by atoms with van der Waals surface area (Å²) in [6.45, 7) is 6.51. The Morgan fingerprint density at radius 1 is 1.10 bits per heavy atom. The van der Waals surface area contributed by atoms with Crippen LogP contribution in [0.3, 0.4) is 0 Å². The fourth-order valence-electron chi connectivity index (χ4n) is 1.22. The van der Waals surface area contributed by atoms with Crippen molar-refractivity contribution in [1.29, 1.82) is 0 Å². The third kappa shape index (κ3) is 3.77. The molecule has 0 aromatic carbocycles. The second-order valence-corrected chi connectivity index (χ2v) is 4.56. The van der Waals surface area contributed by atoms with Crippen LogP contribution >= 0.6 is 25.3 Å². The second-order valence-electron chi connectivity index (χ2n) is 2.93. The fourth-order valence-corrected chi connectivity index (χ4v) is 2.17. The lowest BCUT2D eigenvalue weighted by atomic mass is 9.97. The van der Waals surface area contributed by atoms with Gasteiger partial charge in [-0.3, -0.25) is 0 Å². The van der Waals surface area contributed by atoms with E-state index in [9.17, 15) is 0 Å². The van der Waals surface area contributed by atoms with Crippen molar-refractivity contribution in [2.75, 3.05) is 0 Å². The maximum Gasteiger partial charge on any atom is 0.00271 e. The van der Waals surface area contributed by atoms with Crippen LogP contribution in [-0.2, 0) is 0 Å². The molecule has 0 rings (SSSR count). The third-order valence-electron chi connectivity index (χ3n) is 1.86. The number of rotatable bonds is 4. The molecule has 0 aromatic rings. The SMILES string of the molecule is CCCC(C(C)S)C(C)S. The highest BCUT2D eigenvalue weighted by atomic mass is 32.1. The molecule has 0 aromatic heterocycles. The summed E-state index contributed by atoms with van der Waals surface area (Å²) in [7, 11) is 0. The fraction of sp³-hybridized carbons (Fsp3) is 1.00. The zero-order chi connectivity index (χ0) is 8.15. The summed E-state index contributed by atoms with van der Waals surface area (Å²) in [5.74, 6) is 0.664. The van der Waals surface area contributed by atoms with Crippen LogP contribution in [0, 0.1) is 5.92 Å². The van der Waals surface area contributed by atoms with Gasteiger partial charge in [0.2, 0.25) is 0 Å². The molecule has 0 saturated carbocycles. The minimum Gasteiger partial charge on any atom is -0.176 e. The van der Waals surface area contributed by atoms with Gasteiger partial charge in [0.1, 0.15) is 0 Å². The highest BCUT2D eigenvalue weighted by Crippen LogP contribution is 2.23. The van der Waals surface area contributed by atoms with Crippen LogP contribution in [0.2, 0.25) is 0 Å². The van der Waals surface area contributed by atoms with Crippen molar-refractivity contribution in [1.82, 2.24) is 0 Å². The van der Waals surface area contributed by atoms with E-state index in [1.54, 1.807) is 0 Å². The summed E-state index contributed by atoms with van der Waals surface area (Å²) in [6.07, 6.45) is 2.48. The normalized spacial score (nSPS) is 20.1. The van der Waals surface area contributed by atoms with E-state index in [1.165, 1.54) is 12.8 Å². The van der Waals surface area contributed by atoms with Gasteiger partial charge in [-0.1, -0.05) is 27.2 Å². The molecule has 0 spiro atoms. The Labute approximate surface area is 75.6 Å². The predicted octanol–water partition coefficient (Wildman–Crippen LogP) is 3.04. The van der Waals surface area contributed by atoms with E-state index in [0.29, 0.717) is 16.4 Å². The quantitative estimate of drug-likeness (QED) is 0.607. The first-order valence-corrected chi connectivity index (χ1v) is 4.99. The Balaban J connectivity index is 3.73. The van der Waals surface area contributed by atoms with Crippen LogP contribution in [0.15, 0.2) is 0 Å². The first-order valence-electron chi connectivity index (χ1n) is 3.95. The van der Waals surface area contributed by atoms with Gasteiger partial charge >= 0.3 is 0 Å². The summed E-state index contributed by atoms with van der Waals surface area (Å²) in [5.41, 5.74) is 0. The zero-order valence-electron chi connectivity index (χ0n) is 7.04. The minimum atomic E-state index is 0.479. The van der Waals surface area contributed by atoms with Crippen LogP contribution in [0.1, 0.15) is 33.6 Å². The lowest BCUT2D eigenvalue weighted by Crippen LogP contribution is -2.20. The Morgan fingerprint density at radius 3 is 1.60 bits per heavy atom. The number of hydrogen-bond donors (Lipinski definition) is 2. The smallest absolute Gasteiger partial charge is 0.00271 e. The molecule has 0 heterocycles. The van der Waals surface area contributed by atoms with E-state index in [1.807, 2.05) is 0 Å². The Morgan fingerprint density at radius 2 is 1.50 bits per heavy atom. The van der Waals surface area contributed by atoms with Crippen LogP contribution in [0.25, 0.3) is 0 Å². The molecule has 2 unspecified atom stereocenters. The maximum absolute atomic E-state index is 4.42. The van der Waals surface area contributed by atoms with Crippen LogP contribution in [0.5, 0.6) is 0 Å². The molecule has 0 bridgehead atoms. The van der Waals surface area contributed by atoms with Gasteiger partial charge in [-0.25, -0.2) is 0 Å². The van der Waals surface area contributed by atoms with Crippen molar-refractivity contribution >= 4 is 25.3 Å². The van der Waals surface area contributed by atoms with Gasteiger partial charge in [0, 0.05) is 10.5 Å². The topological polar surface area (TPSA) is 0 Å². The summed E-state index contributed by atoms with van der Waals surface area (Å²) in [5, 5.41) is 0.958. The molecule has 0 aliphatic carbocycles. The van der Waals surface area contributed by atoms with Gasteiger partial charge in [-0.15, -0.1) is 0 Å². The minimum absolute atomic E-state index is 0.479. The molecule has 0 radical (unpaired) electrons. The summed E-state index contributed by atoms with van der Waals surface area (Å²) < 4.78 is 0. The molecule has 10 heavy (non-hydrogen) atoms. The molecule has 0 amide bonds. The van der Waals surface area contributed by atoms with Gasteiger partial charge in [0.25, 0.3) is 0 Å². The van der Waals surface area contributed by atoms with Gasteiger partial charge < -0.3 is 0 Å². The van der Waals surface area contributed by atoms with Crippen molar-refractivity contribution in [3.8, 4) is 0 Å². The molecular formula is C8H18S2. The average Bonchev–Trinajstić information content (AvgIpc) is 1.81. The summed E-state index contributed by atoms with van der Waals surface area (Å²) in [6, 6.07) is 0. The lowest BCUT2D eigenvalue weighted by molar-refractivity contribution is 0.476. The first-order chi connectivity index (χ1) is 4.59. The van der Waals surface area contributed by atoms with Crippen LogP contribution < -0.4 is 0 Å². The Kier molecular flexibility index (Phi) is 5.74. The Hall–Kier alpha value is 0.700. The largest absolute Gasteiger partial charge is 0.176 e. The van der Waals surface area contributed by atoms with Crippen molar-refractivity contribution in [3.05, 3.63) is 0 Å². The molecule has 0 fully saturated rings. The van der Waals surface area contributed by atoms with E-state index < -0.39 is 0 Å². The molecule has 2 heteroatoms. The number of thiol groups is 2. The van der Waals surface area contributed by atoms with Crippen molar-refractivity contribution in [2.24, 2.45) is 5.92 Å². The van der Waals surface area contributed by atoms with Crippen molar-refractivity contribution in [2.45, 2.75) is 44.1 Å². The molecule has 0 N–H and O–H groups in total. The standard InChI is InChI=1S/C8H18S2/c1-4-5-8(6(2)9)7(3)10/h6-10H,4-5H2,1-3H3. The monoisotopic (exact) mass is 178 g/mol. The van der Waals surface area contributed by atoms with E-state index in [2.05, 4.69) is 46.0 Å². The summed E-state index contributed by atoms with van der Waals surface area (Å²) >= 11 is 8.84. The van der Waals surface area contributed by atoms with Gasteiger partial charge in [0.05, 0.1) is 0 Å². The van der Waals surface area contributed by atoms with Gasteiger partial charge in [0.15, 0.2) is 0 Å². The maximum atomic E-state index is 4.42. The molecular weight excluding hydrogens is 160 g/mol. The predicted molar refractivity (Wildman–Crippen MR) is 55.3 cm³/mol. The molecule has 62 valence electrons.